The highest BCUT2D eigenvalue weighted by Crippen LogP contribution is 2.36. The molecule has 4 atom stereocenters. The molecule has 1 saturated heterocycles. The van der Waals surface area contributed by atoms with Gasteiger partial charge >= 0.3 is 0 Å². The summed E-state index contributed by atoms with van der Waals surface area (Å²) in [6, 6.07) is 6.64. The quantitative estimate of drug-likeness (QED) is 0.654. The molecule has 0 spiro atoms. The molecule has 0 aliphatic carbocycles. The standard InChI is InChI=1S/C18H23N3O3/c1-11-7-5-6-8-12(11)16(22)14-10-9-13-15(21(14)19(2)3)18(24)20(4)17(13)23/h5-10,13-16,22H,1-4H3/t13-,14-,15+,16-/m1/s1. The van der Waals surface area contributed by atoms with Crippen molar-refractivity contribution in [2.75, 3.05) is 21.1 Å². The van der Waals surface area contributed by atoms with Crippen molar-refractivity contribution in [3.8, 4) is 0 Å². The van der Waals surface area contributed by atoms with Crippen LogP contribution in [0.2, 0.25) is 0 Å². The van der Waals surface area contributed by atoms with E-state index in [1.54, 1.807) is 11.1 Å². The summed E-state index contributed by atoms with van der Waals surface area (Å²) >= 11 is 0. The molecule has 0 aromatic heterocycles. The molecule has 2 aliphatic rings. The van der Waals surface area contributed by atoms with Gasteiger partial charge in [-0.1, -0.05) is 36.4 Å². The SMILES string of the molecule is Cc1ccccc1[C@@H](O)[C@H]1C=C[C@H]2C(=O)N(C)C(=O)[C@H]2N1N(C)C. The Balaban J connectivity index is 2.01. The largest absolute Gasteiger partial charge is 0.386 e. The van der Waals surface area contributed by atoms with E-state index in [-0.39, 0.29) is 11.8 Å². The van der Waals surface area contributed by atoms with Crippen molar-refractivity contribution in [2.24, 2.45) is 5.92 Å². The maximum Gasteiger partial charge on any atom is 0.248 e. The first-order chi connectivity index (χ1) is 11.3. The van der Waals surface area contributed by atoms with Crippen LogP contribution in [0.5, 0.6) is 0 Å². The number of amides is 2. The molecule has 1 aromatic rings. The van der Waals surface area contributed by atoms with E-state index in [2.05, 4.69) is 0 Å². The summed E-state index contributed by atoms with van der Waals surface area (Å²) in [6.45, 7) is 1.95. The van der Waals surface area contributed by atoms with Crippen LogP contribution in [0.3, 0.4) is 0 Å². The van der Waals surface area contributed by atoms with Crippen molar-refractivity contribution in [1.29, 1.82) is 0 Å². The van der Waals surface area contributed by atoms with Crippen molar-refractivity contribution in [2.45, 2.75) is 25.1 Å². The van der Waals surface area contributed by atoms with Gasteiger partial charge in [0, 0.05) is 21.1 Å². The van der Waals surface area contributed by atoms with Crippen LogP contribution in [-0.4, -0.2) is 65.1 Å². The highest BCUT2D eigenvalue weighted by atomic mass is 16.3. The molecule has 24 heavy (non-hydrogen) atoms. The molecular weight excluding hydrogens is 306 g/mol. The fourth-order valence-corrected chi connectivity index (χ4v) is 3.66. The van der Waals surface area contributed by atoms with Crippen molar-refractivity contribution in [3.05, 3.63) is 47.5 Å². The van der Waals surface area contributed by atoms with Crippen LogP contribution >= 0.6 is 0 Å². The van der Waals surface area contributed by atoms with Gasteiger partial charge in [0.2, 0.25) is 11.8 Å². The minimum Gasteiger partial charge on any atom is -0.386 e. The molecule has 2 aliphatic heterocycles. The topological polar surface area (TPSA) is 64.1 Å². The number of nitrogens with zero attached hydrogens (tertiary/aromatic N) is 3. The maximum atomic E-state index is 12.6. The highest BCUT2D eigenvalue weighted by molar-refractivity contribution is 6.07. The Morgan fingerprint density at radius 3 is 2.42 bits per heavy atom. The predicted molar refractivity (Wildman–Crippen MR) is 89.6 cm³/mol. The van der Waals surface area contributed by atoms with E-state index in [4.69, 9.17) is 0 Å². The van der Waals surface area contributed by atoms with Crippen LogP contribution in [0, 0.1) is 12.8 Å². The van der Waals surface area contributed by atoms with Crippen LogP contribution in [0.4, 0.5) is 0 Å². The van der Waals surface area contributed by atoms with E-state index >= 15 is 0 Å². The van der Waals surface area contributed by atoms with Crippen LogP contribution < -0.4 is 0 Å². The summed E-state index contributed by atoms with van der Waals surface area (Å²) in [5.74, 6) is -0.924. The van der Waals surface area contributed by atoms with Crippen LogP contribution in [0.15, 0.2) is 36.4 Å². The third kappa shape index (κ3) is 2.47. The fraction of sp³-hybridized carbons (Fsp3) is 0.444. The average Bonchev–Trinajstić information content (AvgIpc) is 2.78. The number of fused-ring (bicyclic) bond motifs is 1. The average molecular weight is 329 g/mol. The number of aliphatic hydroxyl groups is 1. The van der Waals surface area contributed by atoms with Gasteiger partial charge < -0.3 is 5.11 Å². The number of hydrogen-bond donors (Lipinski definition) is 1. The van der Waals surface area contributed by atoms with Gasteiger partial charge in [-0.15, -0.1) is 0 Å². The molecule has 3 rings (SSSR count). The molecule has 2 heterocycles. The number of benzene rings is 1. The van der Waals surface area contributed by atoms with Gasteiger partial charge in [-0.25, -0.2) is 10.0 Å². The summed E-state index contributed by atoms with van der Waals surface area (Å²) in [7, 11) is 5.16. The van der Waals surface area contributed by atoms with Crippen LogP contribution in [-0.2, 0) is 9.59 Å². The lowest BCUT2D eigenvalue weighted by Crippen LogP contribution is -2.58. The number of hydrazine groups is 1. The number of aliphatic hydroxyl groups excluding tert-OH is 1. The lowest BCUT2D eigenvalue weighted by atomic mass is 9.89. The molecule has 6 nitrogen and oxygen atoms in total. The summed E-state index contributed by atoms with van der Waals surface area (Å²) in [6.07, 6.45) is 2.81. The third-order valence-electron chi connectivity index (χ3n) is 4.94. The number of carbonyl (C=O) groups is 2. The van der Waals surface area contributed by atoms with E-state index in [0.717, 1.165) is 11.1 Å². The second kappa shape index (κ2) is 6.12. The molecule has 0 bridgehead atoms. The lowest BCUT2D eigenvalue weighted by Gasteiger charge is -2.43. The molecule has 0 radical (unpaired) electrons. The number of likely N-dealkylation sites (tertiary alicyclic amines) is 1. The Hall–Kier alpha value is -2.02. The number of likely N-dealkylation sites (N-methyl/N-ethyl adjacent to an activating group) is 1. The van der Waals surface area contributed by atoms with Gasteiger partial charge in [-0.3, -0.25) is 14.5 Å². The molecule has 1 fully saturated rings. The Labute approximate surface area is 141 Å². The Morgan fingerprint density at radius 2 is 1.79 bits per heavy atom. The van der Waals surface area contributed by atoms with Gasteiger partial charge in [-0.05, 0) is 18.1 Å². The number of rotatable bonds is 3. The molecule has 6 heteroatoms. The van der Waals surface area contributed by atoms with E-state index in [9.17, 15) is 14.7 Å². The molecule has 128 valence electrons. The fourth-order valence-electron chi connectivity index (χ4n) is 3.66. The predicted octanol–water partition coefficient (Wildman–Crippen LogP) is 0.729. The lowest BCUT2D eigenvalue weighted by molar-refractivity contribution is -0.145. The van der Waals surface area contributed by atoms with Gasteiger partial charge in [0.25, 0.3) is 0 Å². The number of aryl methyl sites for hydroxylation is 1. The zero-order valence-corrected chi connectivity index (χ0v) is 14.4. The minimum absolute atomic E-state index is 0.197. The zero-order chi connectivity index (χ0) is 17.6. The van der Waals surface area contributed by atoms with E-state index in [1.165, 1.54) is 11.9 Å². The first-order valence-corrected chi connectivity index (χ1v) is 8.03. The number of imide groups is 1. The van der Waals surface area contributed by atoms with E-state index < -0.39 is 24.1 Å². The van der Waals surface area contributed by atoms with Crippen molar-refractivity contribution in [3.63, 3.8) is 0 Å². The monoisotopic (exact) mass is 329 g/mol. The Kier molecular flexibility index (Phi) is 4.29. The number of carbonyl (C=O) groups excluding carboxylic acids is 2. The van der Waals surface area contributed by atoms with Crippen molar-refractivity contribution < 1.29 is 14.7 Å². The summed E-state index contributed by atoms with van der Waals surface area (Å²) in [4.78, 5) is 26.0. The molecule has 0 saturated carbocycles. The van der Waals surface area contributed by atoms with E-state index in [1.807, 2.05) is 56.4 Å². The van der Waals surface area contributed by atoms with Crippen LogP contribution in [0.1, 0.15) is 17.2 Å². The van der Waals surface area contributed by atoms with Gasteiger partial charge in [0.05, 0.1) is 18.1 Å². The Bertz CT molecular complexity index is 701. The summed E-state index contributed by atoms with van der Waals surface area (Å²) in [5, 5.41) is 14.6. The van der Waals surface area contributed by atoms with Gasteiger partial charge in [0.1, 0.15) is 6.04 Å². The normalized spacial score (nSPS) is 28.6. The molecule has 0 unspecified atom stereocenters. The third-order valence-corrected chi connectivity index (χ3v) is 4.94. The van der Waals surface area contributed by atoms with Crippen molar-refractivity contribution >= 4 is 11.8 Å². The zero-order valence-electron chi connectivity index (χ0n) is 14.4. The van der Waals surface area contributed by atoms with Crippen molar-refractivity contribution in [1.82, 2.24) is 14.9 Å². The summed E-state index contributed by atoms with van der Waals surface area (Å²) in [5.41, 5.74) is 1.81. The first kappa shape index (κ1) is 16.8. The second-order valence-corrected chi connectivity index (χ2v) is 6.61. The molecule has 1 N–H and O–H groups in total. The van der Waals surface area contributed by atoms with E-state index in [0.29, 0.717) is 0 Å². The van der Waals surface area contributed by atoms with Gasteiger partial charge in [-0.2, -0.15) is 0 Å². The van der Waals surface area contributed by atoms with Gasteiger partial charge in [0.15, 0.2) is 0 Å². The molecule has 1 aromatic carbocycles. The second-order valence-electron chi connectivity index (χ2n) is 6.61. The highest BCUT2D eigenvalue weighted by Gasteiger charge is 2.52. The number of hydrogen-bond acceptors (Lipinski definition) is 5. The Morgan fingerprint density at radius 1 is 1.12 bits per heavy atom. The first-order valence-electron chi connectivity index (χ1n) is 8.03. The molecular formula is C18H23N3O3. The minimum atomic E-state index is -0.792. The smallest absolute Gasteiger partial charge is 0.248 e. The summed E-state index contributed by atoms with van der Waals surface area (Å²) < 4.78 is 0. The molecule has 2 amide bonds. The van der Waals surface area contributed by atoms with Crippen LogP contribution in [0.25, 0.3) is 0 Å². The maximum absolute atomic E-state index is 12.6.